The van der Waals surface area contributed by atoms with Crippen LogP contribution in [-0.4, -0.2) is 31.1 Å². The summed E-state index contributed by atoms with van der Waals surface area (Å²) in [5.74, 6) is 0.828. The minimum atomic E-state index is -0.887. The normalized spacial score (nSPS) is 20.8. The SMILES string of the molecule is CCCCCCOC(=O)OC1CCC(O)(c2ccc(-c3ccc(OC)cc3)cc2)CC1. The lowest BCUT2D eigenvalue weighted by Crippen LogP contribution is -2.35. The van der Waals surface area contributed by atoms with Crippen molar-refractivity contribution in [2.45, 2.75) is 70.0 Å². The largest absolute Gasteiger partial charge is 0.508 e. The molecule has 1 aliphatic carbocycles. The number of aliphatic hydroxyl groups is 1. The monoisotopic (exact) mass is 426 g/mol. The molecule has 5 nitrogen and oxygen atoms in total. The molecule has 0 radical (unpaired) electrons. The zero-order valence-electron chi connectivity index (χ0n) is 18.6. The fourth-order valence-electron chi connectivity index (χ4n) is 4.09. The van der Waals surface area contributed by atoms with Crippen LogP contribution >= 0.6 is 0 Å². The van der Waals surface area contributed by atoms with E-state index in [9.17, 15) is 9.90 Å². The van der Waals surface area contributed by atoms with E-state index in [2.05, 4.69) is 6.92 Å². The lowest BCUT2D eigenvalue weighted by Gasteiger charge is -2.36. The summed E-state index contributed by atoms with van der Waals surface area (Å²) in [6.45, 7) is 2.56. The lowest BCUT2D eigenvalue weighted by atomic mass is 9.78. The van der Waals surface area contributed by atoms with Crippen molar-refractivity contribution in [3.63, 3.8) is 0 Å². The van der Waals surface area contributed by atoms with Gasteiger partial charge in [0.1, 0.15) is 11.9 Å². The molecule has 1 N–H and O–H groups in total. The Balaban J connectivity index is 1.49. The van der Waals surface area contributed by atoms with Gasteiger partial charge in [0.25, 0.3) is 0 Å². The summed E-state index contributed by atoms with van der Waals surface area (Å²) in [5, 5.41) is 11.2. The zero-order valence-corrected chi connectivity index (χ0v) is 18.6. The molecule has 0 unspecified atom stereocenters. The molecule has 0 bridgehead atoms. The Labute approximate surface area is 185 Å². The Bertz CT molecular complexity index is 805. The molecule has 5 heteroatoms. The van der Waals surface area contributed by atoms with Crippen LogP contribution in [0.25, 0.3) is 11.1 Å². The van der Waals surface area contributed by atoms with E-state index in [4.69, 9.17) is 14.2 Å². The van der Waals surface area contributed by atoms with E-state index < -0.39 is 11.8 Å². The smallest absolute Gasteiger partial charge is 0.497 e. The van der Waals surface area contributed by atoms with E-state index in [1.807, 2.05) is 48.5 Å². The molecule has 0 aliphatic heterocycles. The first-order chi connectivity index (χ1) is 15.0. The third-order valence-corrected chi connectivity index (χ3v) is 6.09. The number of unbranched alkanes of at least 4 members (excludes halogenated alkanes) is 3. The lowest BCUT2D eigenvalue weighted by molar-refractivity contribution is -0.0538. The highest BCUT2D eigenvalue weighted by Gasteiger charge is 2.36. The van der Waals surface area contributed by atoms with E-state index in [0.29, 0.717) is 32.3 Å². The van der Waals surface area contributed by atoms with Crippen molar-refractivity contribution < 1.29 is 24.1 Å². The highest BCUT2D eigenvalue weighted by Crippen LogP contribution is 2.38. The number of carbonyl (C=O) groups is 1. The maximum absolute atomic E-state index is 11.9. The van der Waals surface area contributed by atoms with Gasteiger partial charge in [0.2, 0.25) is 0 Å². The van der Waals surface area contributed by atoms with Gasteiger partial charge in [0.15, 0.2) is 0 Å². The first kappa shape index (κ1) is 23.1. The number of carbonyl (C=O) groups excluding carboxylic acids is 1. The first-order valence-corrected chi connectivity index (χ1v) is 11.3. The van der Waals surface area contributed by atoms with Crippen molar-refractivity contribution in [1.29, 1.82) is 0 Å². The molecule has 0 saturated heterocycles. The van der Waals surface area contributed by atoms with Crippen LogP contribution in [-0.2, 0) is 15.1 Å². The van der Waals surface area contributed by atoms with Crippen molar-refractivity contribution in [2.75, 3.05) is 13.7 Å². The summed E-state index contributed by atoms with van der Waals surface area (Å²) in [6, 6.07) is 16.0. The second-order valence-electron chi connectivity index (χ2n) is 8.31. The molecule has 0 spiro atoms. The molecule has 31 heavy (non-hydrogen) atoms. The molecule has 1 saturated carbocycles. The second kappa shape index (κ2) is 11.2. The van der Waals surface area contributed by atoms with E-state index in [1.54, 1.807) is 7.11 Å². The molecular weight excluding hydrogens is 392 g/mol. The maximum atomic E-state index is 11.9. The molecule has 168 valence electrons. The van der Waals surface area contributed by atoms with Crippen LogP contribution in [0.15, 0.2) is 48.5 Å². The predicted molar refractivity (Wildman–Crippen MR) is 121 cm³/mol. The third-order valence-electron chi connectivity index (χ3n) is 6.09. The summed E-state index contributed by atoms with van der Waals surface area (Å²) in [4.78, 5) is 11.9. The Morgan fingerprint density at radius 3 is 2.16 bits per heavy atom. The van der Waals surface area contributed by atoms with Crippen molar-refractivity contribution in [1.82, 2.24) is 0 Å². The van der Waals surface area contributed by atoms with Crippen LogP contribution in [0, 0.1) is 0 Å². The van der Waals surface area contributed by atoms with Crippen LogP contribution in [0.3, 0.4) is 0 Å². The number of hydrogen-bond acceptors (Lipinski definition) is 5. The van der Waals surface area contributed by atoms with Gasteiger partial charge in [-0.25, -0.2) is 4.79 Å². The van der Waals surface area contributed by atoms with E-state index in [-0.39, 0.29) is 6.10 Å². The fourth-order valence-corrected chi connectivity index (χ4v) is 4.09. The molecule has 0 aromatic heterocycles. The highest BCUT2D eigenvalue weighted by atomic mass is 16.7. The number of methoxy groups -OCH3 is 1. The van der Waals surface area contributed by atoms with Gasteiger partial charge in [-0.05, 0) is 60.9 Å². The Hall–Kier alpha value is -2.53. The van der Waals surface area contributed by atoms with Crippen LogP contribution < -0.4 is 4.74 Å². The van der Waals surface area contributed by atoms with E-state index in [1.165, 1.54) is 0 Å². The molecule has 0 heterocycles. The first-order valence-electron chi connectivity index (χ1n) is 11.3. The maximum Gasteiger partial charge on any atom is 0.508 e. The van der Waals surface area contributed by atoms with Gasteiger partial charge in [0, 0.05) is 0 Å². The van der Waals surface area contributed by atoms with E-state index >= 15 is 0 Å². The topological polar surface area (TPSA) is 65.0 Å². The summed E-state index contributed by atoms with van der Waals surface area (Å²) in [7, 11) is 1.65. The molecule has 1 fully saturated rings. The minimum absolute atomic E-state index is 0.193. The van der Waals surface area contributed by atoms with Gasteiger partial charge in [-0.1, -0.05) is 62.6 Å². The molecule has 3 rings (SSSR count). The third kappa shape index (κ3) is 6.47. The van der Waals surface area contributed by atoms with E-state index in [0.717, 1.165) is 48.1 Å². The predicted octanol–water partition coefficient (Wildman–Crippen LogP) is 6.23. The number of benzene rings is 2. The van der Waals surface area contributed by atoms with Crippen molar-refractivity contribution in [3.8, 4) is 16.9 Å². The molecule has 0 atom stereocenters. The summed E-state index contributed by atoms with van der Waals surface area (Å²) in [5.41, 5.74) is 2.21. The highest BCUT2D eigenvalue weighted by molar-refractivity contribution is 5.64. The Morgan fingerprint density at radius 1 is 0.968 bits per heavy atom. The quantitative estimate of drug-likeness (QED) is 0.380. The Morgan fingerprint density at radius 2 is 1.58 bits per heavy atom. The Kier molecular flexibility index (Phi) is 8.35. The zero-order chi connectivity index (χ0) is 22.1. The molecule has 0 amide bonds. The van der Waals surface area contributed by atoms with Crippen molar-refractivity contribution in [3.05, 3.63) is 54.1 Å². The van der Waals surface area contributed by atoms with Crippen LogP contribution in [0.1, 0.15) is 63.9 Å². The average Bonchev–Trinajstić information content (AvgIpc) is 2.81. The van der Waals surface area contributed by atoms with Gasteiger partial charge in [-0.2, -0.15) is 0 Å². The van der Waals surface area contributed by atoms with Gasteiger partial charge in [-0.3, -0.25) is 0 Å². The van der Waals surface area contributed by atoms with Gasteiger partial charge >= 0.3 is 6.16 Å². The van der Waals surface area contributed by atoms with Crippen LogP contribution in [0.2, 0.25) is 0 Å². The van der Waals surface area contributed by atoms with Crippen molar-refractivity contribution >= 4 is 6.16 Å². The summed E-state index contributed by atoms with van der Waals surface area (Å²) in [6.07, 6.45) is 5.84. The molecule has 2 aromatic carbocycles. The van der Waals surface area contributed by atoms with Gasteiger partial charge < -0.3 is 19.3 Å². The number of rotatable bonds is 9. The minimum Gasteiger partial charge on any atom is -0.497 e. The molecule has 1 aliphatic rings. The molecular formula is C26H34O5. The summed E-state index contributed by atoms with van der Waals surface area (Å²) < 4.78 is 15.8. The standard InChI is InChI=1S/C26H34O5/c1-3-4-5-6-19-30-25(27)31-24-15-17-26(28,18-16-24)22-11-7-20(8-12-22)21-9-13-23(29-2)14-10-21/h7-14,24,28H,3-6,15-19H2,1-2H3. The van der Waals surface area contributed by atoms with Crippen LogP contribution in [0.5, 0.6) is 5.75 Å². The van der Waals surface area contributed by atoms with Gasteiger partial charge in [-0.15, -0.1) is 0 Å². The van der Waals surface area contributed by atoms with Crippen molar-refractivity contribution in [2.24, 2.45) is 0 Å². The molecule has 2 aromatic rings. The second-order valence-corrected chi connectivity index (χ2v) is 8.31. The average molecular weight is 427 g/mol. The number of hydrogen-bond donors (Lipinski definition) is 1. The number of ether oxygens (including phenoxy) is 3. The summed E-state index contributed by atoms with van der Waals surface area (Å²) >= 11 is 0. The van der Waals surface area contributed by atoms with Crippen LogP contribution in [0.4, 0.5) is 4.79 Å². The van der Waals surface area contributed by atoms with Gasteiger partial charge in [0.05, 0.1) is 19.3 Å². The fraction of sp³-hybridized carbons (Fsp3) is 0.500.